The van der Waals surface area contributed by atoms with Crippen molar-refractivity contribution in [2.45, 2.75) is 154 Å². The van der Waals surface area contributed by atoms with E-state index in [4.69, 9.17) is 24.2 Å². The number of hydrogen-bond donors (Lipinski definition) is 2. The lowest BCUT2D eigenvalue weighted by molar-refractivity contribution is -0.257. The molecule has 0 radical (unpaired) electrons. The molecule has 2 aliphatic carbocycles. The van der Waals surface area contributed by atoms with Crippen molar-refractivity contribution in [3.8, 4) is 17.2 Å². The second-order valence-corrected chi connectivity index (χ2v) is 18.5. The minimum Gasteiger partial charge on any atom is -0.459 e. The average Bonchev–Trinajstić information content (AvgIpc) is 3.34. The SMILES string of the molecule is C=CCO[C@@]12Oc3ccc(Oc4cccc(C=O)c4)cc3[C@H]3[C@H](CCCCO)[C@@H](CCCCO)C=C(C(=NOCc4ccccc4)C[C@@H]1N(CCC)C(=O)CCCCCCCCCCC)[C@H]32. The predicted molar refractivity (Wildman–Crippen MR) is 262 cm³/mol. The van der Waals surface area contributed by atoms with Gasteiger partial charge in [-0.2, -0.15) is 0 Å². The molecular weight excluding hydrogens is 829 g/mol. The van der Waals surface area contributed by atoms with Crippen LogP contribution in [0.5, 0.6) is 17.2 Å². The van der Waals surface area contributed by atoms with Crippen molar-refractivity contribution in [1.29, 1.82) is 0 Å². The predicted octanol–water partition coefficient (Wildman–Crippen LogP) is 12.3. The summed E-state index contributed by atoms with van der Waals surface area (Å²) in [6, 6.07) is 22.5. The van der Waals surface area contributed by atoms with E-state index in [0.29, 0.717) is 61.6 Å². The molecule has 6 atom stereocenters. The number of carbonyl (C=O) groups excluding carboxylic acids is 2. The quantitative estimate of drug-likeness (QED) is 0.0293. The summed E-state index contributed by atoms with van der Waals surface area (Å²) >= 11 is 0. The molecule has 3 aliphatic rings. The second-order valence-electron chi connectivity index (χ2n) is 18.5. The summed E-state index contributed by atoms with van der Waals surface area (Å²) in [5, 5.41) is 25.0. The number of benzene rings is 3. The Labute approximate surface area is 394 Å². The zero-order chi connectivity index (χ0) is 46.6. The zero-order valence-corrected chi connectivity index (χ0v) is 39.8. The van der Waals surface area contributed by atoms with E-state index in [0.717, 1.165) is 80.1 Å². The van der Waals surface area contributed by atoms with Gasteiger partial charge in [0.05, 0.1) is 18.2 Å². The number of aliphatic hydroxyl groups excluding tert-OH is 2. The number of oxime groups is 1. The van der Waals surface area contributed by atoms with Gasteiger partial charge in [-0.15, -0.1) is 6.58 Å². The molecule has 10 heteroatoms. The maximum atomic E-state index is 14.9. The standard InChI is InChI=1S/C56H76N2O8/c1-4-7-8-9-10-11-12-13-17-29-53(62)58(32-5-2)52-39-50(57-64-41-42-23-15-14-16-24-42)48-37-44(26-18-20-33-59)47(28-19-21-34-60)54-49-38-46(65-45-27-22-25-43(36-45)40-61)30-31-51(49)66-56(52,55(48)54)63-35-6-3/h6,14-16,22-25,27,30-31,36-38,40,44,47,52,54-55,59-60H,3-5,7-13,17-21,26,28-29,32-35,39,41H2,1-2H3/t44-,47+,52-,54+,55+,56+/m0/s1. The average molecular weight is 905 g/mol. The third-order valence-electron chi connectivity index (χ3n) is 13.8. The van der Waals surface area contributed by atoms with E-state index in [1.54, 1.807) is 24.3 Å². The highest BCUT2D eigenvalue weighted by Gasteiger charge is 2.65. The summed E-state index contributed by atoms with van der Waals surface area (Å²) in [6.07, 6.45) is 21.7. The molecule has 1 saturated carbocycles. The molecule has 6 rings (SSSR count). The number of aliphatic hydroxyl groups is 2. The first kappa shape index (κ1) is 50.6. The van der Waals surface area contributed by atoms with Crippen LogP contribution >= 0.6 is 0 Å². The molecule has 0 unspecified atom stereocenters. The Morgan fingerprint density at radius 3 is 2.29 bits per heavy atom. The molecule has 66 heavy (non-hydrogen) atoms. The van der Waals surface area contributed by atoms with Gasteiger partial charge in [-0.1, -0.05) is 138 Å². The number of hydrogen-bond acceptors (Lipinski definition) is 9. The summed E-state index contributed by atoms with van der Waals surface area (Å²) in [4.78, 5) is 34.9. The van der Waals surface area contributed by atoms with Gasteiger partial charge in [0.2, 0.25) is 11.7 Å². The first-order valence-corrected chi connectivity index (χ1v) is 25.2. The van der Waals surface area contributed by atoms with Crippen LogP contribution < -0.4 is 9.47 Å². The van der Waals surface area contributed by atoms with Gasteiger partial charge >= 0.3 is 0 Å². The van der Waals surface area contributed by atoms with Crippen molar-refractivity contribution >= 4 is 17.9 Å². The minimum atomic E-state index is -1.31. The summed E-state index contributed by atoms with van der Waals surface area (Å²) in [5.41, 5.74) is 4.28. The van der Waals surface area contributed by atoms with Gasteiger partial charge in [0.25, 0.3) is 0 Å². The van der Waals surface area contributed by atoms with Crippen LogP contribution in [0, 0.1) is 17.8 Å². The molecule has 3 aromatic carbocycles. The molecule has 0 saturated heterocycles. The summed E-state index contributed by atoms with van der Waals surface area (Å²) in [5.74, 6) is 0.189. The van der Waals surface area contributed by atoms with Gasteiger partial charge in [-0.25, -0.2) is 0 Å². The Morgan fingerprint density at radius 1 is 0.848 bits per heavy atom. The lowest BCUT2D eigenvalue weighted by atomic mass is 9.55. The van der Waals surface area contributed by atoms with E-state index in [1.807, 2.05) is 53.4 Å². The number of aldehydes is 1. The fourth-order valence-electron chi connectivity index (χ4n) is 10.7. The van der Waals surface area contributed by atoms with Crippen LogP contribution in [0.4, 0.5) is 0 Å². The molecule has 1 amide bonds. The number of nitrogens with zero attached hydrogens (tertiary/aromatic N) is 2. The number of carbonyl (C=O) groups is 2. The normalized spacial score (nSPS) is 22.4. The van der Waals surface area contributed by atoms with Crippen molar-refractivity contribution in [1.82, 2.24) is 4.90 Å². The number of rotatable bonds is 30. The molecule has 1 fully saturated rings. The van der Waals surface area contributed by atoms with Gasteiger partial charge in [0.15, 0.2) is 0 Å². The van der Waals surface area contributed by atoms with Crippen LogP contribution in [0.25, 0.3) is 0 Å². The summed E-state index contributed by atoms with van der Waals surface area (Å²) < 4.78 is 21.1. The van der Waals surface area contributed by atoms with Gasteiger partial charge in [-0.05, 0) is 91.8 Å². The third-order valence-corrected chi connectivity index (χ3v) is 13.8. The van der Waals surface area contributed by atoms with E-state index in [-0.39, 0.29) is 43.5 Å². The van der Waals surface area contributed by atoms with Crippen LogP contribution in [0.2, 0.25) is 0 Å². The van der Waals surface area contributed by atoms with Gasteiger partial charge in [0, 0.05) is 49.6 Å². The largest absolute Gasteiger partial charge is 0.459 e. The molecular formula is C56H76N2O8. The number of ether oxygens (including phenoxy) is 3. The fourth-order valence-corrected chi connectivity index (χ4v) is 10.7. The maximum Gasteiger partial charge on any atom is 0.239 e. The van der Waals surface area contributed by atoms with Crippen LogP contribution in [-0.2, 0) is 21.0 Å². The van der Waals surface area contributed by atoms with Gasteiger partial charge in [-0.3, -0.25) is 9.59 Å². The number of unbranched alkanes of at least 4 members (excludes halogenated alkanes) is 10. The lowest BCUT2D eigenvalue weighted by Gasteiger charge is -2.60. The van der Waals surface area contributed by atoms with E-state index < -0.39 is 17.7 Å². The highest BCUT2D eigenvalue weighted by atomic mass is 16.7. The number of allylic oxidation sites excluding steroid dienone is 1. The zero-order valence-electron chi connectivity index (χ0n) is 39.8. The molecule has 0 aromatic heterocycles. The first-order chi connectivity index (χ1) is 32.4. The smallest absolute Gasteiger partial charge is 0.239 e. The topological polar surface area (TPSA) is 127 Å². The highest BCUT2D eigenvalue weighted by molar-refractivity contribution is 6.03. The van der Waals surface area contributed by atoms with Crippen molar-refractivity contribution in [3.63, 3.8) is 0 Å². The van der Waals surface area contributed by atoms with Gasteiger partial charge < -0.3 is 34.2 Å². The molecule has 0 spiro atoms. The van der Waals surface area contributed by atoms with E-state index in [9.17, 15) is 19.8 Å². The van der Waals surface area contributed by atoms with Crippen molar-refractivity contribution < 1.29 is 38.9 Å². The third kappa shape index (κ3) is 13.0. The van der Waals surface area contributed by atoms with Crippen molar-refractivity contribution in [3.05, 3.63) is 114 Å². The second kappa shape index (κ2) is 26.5. The summed E-state index contributed by atoms with van der Waals surface area (Å²) in [7, 11) is 0. The Balaban J connectivity index is 1.47. The van der Waals surface area contributed by atoms with E-state index >= 15 is 0 Å². The van der Waals surface area contributed by atoms with E-state index in [1.165, 1.54) is 38.5 Å². The molecule has 358 valence electrons. The first-order valence-electron chi connectivity index (χ1n) is 25.2. The molecule has 10 nitrogen and oxygen atoms in total. The fraction of sp³-hybridized carbons (Fsp3) is 0.554. The molecule has 2 N–H and O–H groups in total. The van der Waals surface area contributed by atoms with Crippen LogP contribution in [0.3, 0.4) is 0 Å². The van der Waals surface area contributed by atoms with Crippen molar-refractivity contribution in [2.75, 3.05) is 26.4 Å². The van der Waals surface area contributed by atoms with Crippen LogP contribution in [-0.4, -0.2) is 71.2 Å². The van der Waals surface area contributed by atoms with E-state index in [2.05, 4.69) is 32.6 Å². The monoisotopic (exact) mass is 905 g/mol. The highest BCUT2D eigenvalue weighted by Crippen LogP contribution is 2.62. The van der Waals surface area contributed by atoms with Gasteiger partial charge in [0.1, 0.15) is 36.2 Å². The van der Waals surface area contributed by atoms with Crippen LogP contribution in [0.1, 0.15) is 157 Å². The summed E-state index contributed by atoms with van der Waals surface area (Å²) in [6.45, 7) is 9.69. The van der Waals surface area contributed by atoms with Crippen LogP contribution in [0.15, 0.2) is 102 Å². The molecule has 1 heterocycles. The Bertz CT molecular complexity index is 2030. The Hall–Kier alpha value is -4.77. The molecule has 3 aromatic rings. The number of amides is 1. The number of fused-ring (bicyclic) bond motifs is 2. The van der Waals surface area contributed by atoms with Crippen molar-refractivity contribution in [2.24, 2.45) is 22.9 Å². The maximum absolute atomic E-state index is 14.9. The minimum absolute atomic E-state index is 0.0783. The Morgan fingerprint density at radius 2 is 1.58 bits per heavy atom. The lowest BCUT2D eigenvalue weighted by Crippen LogP contribution is -2.70. The molecule has 1 aliphatic heterocycles. The molecule has 0 bridgehead atoms. The Kier molecular flexibility index (Phi) is 20.4.